The molecule has 1 aliphatic rings. The lowest BCUT2D eigenvalue weighted by molar-refractivity contribution is -0.129. The summed E-state index contributed by atoms with van der Waals surface area (Å²) in [6.07, 6.45) is 1.30. The summed E-state index contributed by atoms with van der Waals surface area (Å²) in [7, 11) is 0. The first kappa shape index (κ1) is 16.8. The fourth-order valence-corrected chi connectivity index (χ4v) is 3.41. The molecule has 0 heterocycles. The largest absolute Gasteiger partial charge is 0.508 e. The van der Waals surface area contributed by atoms with Crippen LogP contribution in [-0.4, -0.2) is 22.7 Å². The Balaban J connectivity index is 1.57. The summed E-state index contributed by atoms with van der Waals surface area (Å²) in [4.78, 5) is 12.2. The SMILES string of the molecule is O=C(NCC1CCc2c(O)cccc2C1)C(O)c1cccc(Cl)c1. The molecule has 3 rings (SSSR count). The molecule has 2 aromatic carbocycles. The average molecular weight is 346 g/mol. The van der Waals surface area contributed by atoms with Crippen LogP contribution in [0.4, 0.5) is 0 Å². The van der Waals surface area contributed by atoms with Crippen molar-refractivity contribution in [3.63, 3.8) is 0 Å². The van der Waals surface area contributed by atoms with Crippen molar-refractivity contribution in [1.29, 1.82) is 0 Å². The summed E-state index contributed by atoms with van der Waals surface area (Å²) in [6.45, 7) is 0.506. The van der Waals surface area contributed by atoms with Crippen LogP contribution in [0.25, 0.3) is 0 Å². The van der Waals surface area contributed by atoms with Gasteiger partial charge < -0.3 is 15.5 Å². The number of amides is 1. The van der Waals surface area contributed by atoms with Gasteiger partial charge in [0.2, 0.25) is 0 Å². The third-order valence-electron chi connectivity index (χ3n) is 4.54. The van der Waals surface area contributed by atoms with Crippen LogP contribution in [0, 0.1) is 5.92 Å². The summed E-state index contributed by atoms with van der Waals surface area (Å²) in [6, 6.07) is 12.2. The molecule has 2 atom stereocenters. The van der Waals surface area contributed by atoms with Gasteiger partial charge in [-0.15, -0.1) is 0 Å². The molecule has 0 bridgehead atoms. The van der Waals surface area contributed by atoms with Gasteiger partial charge in [0.1, 0.15) is 5.75 Å². The molecule has 1 amide bonds. The van der Waals surface area contributed by atoms with E-state index in [1.54, 1.807) is 30.3 Å². The van der Waals surface area contributed by atoms with E-state index >= 15 is 0 Å². The van der Waals surface area contributed by atoms with Gasteiger partial charge in [-0.3, -0.25) is 4.79 Å². The van der Waals surface area contributed by atoms with Gasteiger partial charge in [-0.25, -0.2) is 0 Å². The van der Waals surface area contributed by atoms with Crippen LogP contribution >= 0.6 is 11.6 Å². The minimum atomic E-state index is -1.22. The summed E-state index contributed by atoms with van der Waals surface area (Å²) in [5.74, 6) is 0.236. The van der Waals surface area contributed by atoms with Gasteiger partial charge in [0.15, 0.2) is 6.10 Å². The molecule has 2 aromatic rings. The lowest BCUT2D eigenvalue weighted by atomic mass is 9.83. The molecule has 0 saturated heterocycles. The Hall–Kier alpha value is -2.04. The number of phenolic OH excluding ortho intramolecular Hbond substituents is 1. The molecule has 1 aliphatic carbocycles. The number of nitrogens with one attached hydrogen (secondary N) is 1. The van der Waals surface area contributed by atoms with Crippen LogP contribution in [0.3, 0.4) is 0 Å². The fraction of sp³-hybridized carbons (Fsp3) is 0.316. The number of rotatable bonds is 4. The number of aromatic hydroxyl groups is 1. The van der Waals surface area contributed by atoms with E-state index < -0.39 is 12.0 Å². The second kappa shape index (κ2) is 7.24. The van der Waals surface area contributed by atoms with Crippen molar-refractivity contribution >= 4 is 17.5 Å². The summed E-state index contributed by atoms with van der Waals surface area (Å²) in [5.41, 5.74) is 2.63. The van der Waals surface area contributed by atoms with Crippen LogP contribution in [0.5, 0.6) is 5.75 Å². The first-order valence-corrected chi connectivity index (χ1v) is 8.43. The van der Waals surface area contributed by atoms with Crippen molar-refractivity contribution in [1.82, 2.24) is 5.32 Å². The quantitative estimate of drug-likeness (QED) is 0.797. The van der Waals surface area contributed by atoms with Crippen molar-refractivity contribution in [3.05, 3.63) is 64.2 Å². The zero-order valence-corrected chi connectivity index (χ0v) is 14.0. The number of aliphatic hydroxyl groups is 1. The molecule has 0 aromatic heterocycles. The van der Waals surface area contributed by atoms with Gasteiger partial charge in [0.05, 0.1) is 0 Å². The van der Waals surface area contributed by atoms with E-state index in [1.807, 2.05) is 12.1 Å². The van der Waals surface area contributed by atoms with E-state index in [2.05, 4.69) is 5.32 Å². The highest BCUT2D eigenvalue weighted by Crippen LogP contribution is 2.31. The smallest absolute Gasteiger partial charge is 0.253 e. The molecule has 2 unspecified atom stereocenters. The third kappa shape index (κ3) is 3.71. The highest BCUT2D eigenvalue weighted by molar-refractivity contribution is 6.30. The number of carbonyl (C=O) groups is 1. The number of hydrogen-bond donors (Lipinski definition) is 3. The first-order chi connectivity index (χ1) is 11.5. The lowest BCUT2D eigenvalue weighted by Crippen LogP contribution is -2.35. The van der Waals surface area contributed by atoms with Crippen LogP contribution in [-0.2, 0) is 17.6 Å². The molecule has 0 spiro atoms. The molecule has 0 fully saturated rings. The first-order valence-electron chi connectivity index (χ1n) is 8.05. The van der Waals surface area contributed by atoms with Gasteiger partial charge in [-0.1, -0.05) is 35.9 Å². The van der Waals surface area contributed by atoms with Gasteiger partial charge >= 0.3 is 0 Å². The molecule has 0 aliphatic heterocycles. The van der Waals surface area contributed by atoms with E-state index in [1.165, 1.54) is 0 Å². The molecule has 0 radical (unpaired) electrons. The van der Waals surface area contributed by atoms with Gasteiger partial charge in [0, 0.05) is 11.6 Å². The Bertz CT molecular complexity index is 747. The topological polar surface area (TPSA) is 69.6 Å². The van der Waals surface area contributed by atoms with E-state index in [-0.39, 0.29) is 0 Å². The molecule has 0 saturated carbocycles. The summed E-state index contributed by atoms with van der Waals surface area (Å²) in [5, 5.41) is 23.3. The number of aliphatic hydroxyl groups excluding tert-OH is 1. The second-order valence-corrected chi connectivity index (χ2v) is 6.66. The second-order valence-electron chi connectivity index (χ2n) is 6.23. The third-order valence-corrected chi connectivity index (χ3v) is 4.77. The van der Waals surface area contributed by atoms with Crippen LogP contribution in [0.1, 0.15) is 29.2 Å². The zero-order valence-electron chi connectivity index (χ0n) is 13.2. The number of benzene rings is 2. The lowest BCUT2D eigenvalue weighted by Gasteiger charge is -2.25. The normalized spacial score (nSPS) is 17.8. The van der Waals surface area contributed by atoms with Crippen molar-refractivity contribution in [3.8, 4) is 5.75 Å². The highest BCUT2D eigenvalue weighted by Gasteiger charge is 2.23. The predicted octanol–water partition coefficient (Wildman–Crippen LogP) is 3.00. The van der Waals surface area contributed by atoms with Gasteiger partial charge in [-0.05, 0) is 60.1 Å². The van der Waals surface area contributed by atoms with Crippen molar-refractivity contribution in [2.75, 3.05) is 6.54 Å². The van der Waals surface area contributed by atoms with E-state index in [0.717, 1.165) is 30.4 Å². The van der Waals surface area contributed by atoms with E-state index in [0.29, 0.717) is 28.8 Å². The van der Waals surface area contributed by atoms with Crippen LogP contribution in [0.15, 0.2) is 42.5 Å². The maximum atomic E-state index is 12.2. The molecular weight excluding hydrogens is 326 g/mol. The zero-order chi connectivity index (χ0) is 17.1. The number of halogens is 1. The summed E-state index contributed by atoms with van der Waals surface area (Å²) < 4.78 is 0. The average Bonchev–Trinajstić information content (AvgIpc) is 2.59. The molecular formula is C19H20ClNO3. The highest BCUT2D eigenvalue weighted by atomic mass is 35.5. The Labute approximate surface area is 146 Å². The summed E-state index contributed by atoms with van der Waals surface area (Å²) >= 11 is 5.89. The van der Waals surface area contributed by atoms with Crippen LogP contribution < -0.4 is 5.32 Å². The fourth-order valence-electron chi connectivity index (χ4n) is 3.21. The maximum Gasteiger partial charge on any atom is 0.253 e. The van der Waals surface area contributed by atoms with E-state index in [9.17, 15) is 15.0 Å². The standard InChI is InChI=1S/C19H20ClNO3/c20-15-5-1-4-14(10-15)18(23)19(24)21-11-12-7-8-16-13(9-12)3-2-6-17(16)22/h1-6,10,12,18,22-23H,7-9,11H2,(H,21,24). The molecule has 5 heteroatoms. The maximum absolute atomic E-state index is 12.2. The van der Waals surface area contributed by atoms with E-state index in [4.69, 9.17) is 11.6 Å². The Morgan fingerprint density at radius 3 is 2.88 bits per heavy atom. The predicted molar refractivity (Wildman–Crippen MR) is 93.0 cm³/mol. The van der Waals surface area contributed by atoms with Crippen LogP contribution in [0.2, 0.25) is 5.02 Å². The minimum Gasteiger partial charge on any atom is -0.508 e. The molecule has 3 N–H and O–H groups in total. The number of fused-ring (bicyclic) bond motifs is 1. The van der Waals surface area contributed by atoms with Crippen molar-refractivity contribution < 1.29 is 15.0 Å². The van der Waals surface area contributed by atoms with Crippen molar-refractivity contribution in [2.45, 2.75) is 25.4 Å². The van der Waals surface area contributed by atoms with Gasteiger partial charge in [-0.2, -0.15) is 0 Å². The Morgan fingerprint density at radius 1 is 1.29 bits per heavy atom. The molecule has 126 valence electrons. The molecule has 4 nitrogen and oxygen atoms in total. The number of carbonyl (C=O) groups excluding carboxylic acids is 1. The monoisotopic (exact) mass is 345 g/mol. The minimum absolute atomic E-state index is 0.301. The van der Waals surface area contributed by atoms with Crippen molar-refractivity contribution in [2.24, 2.45) is 5.92 Å². The Morgan fingerprint density at radius 2 is 2.08 bits per heavy atom. The van der Waals surface area contributed by atoms with Gasteiger partial charge in [0.25, 0.3) is 5.91 Å². The molecule has 24 heavy (non-hydrogen) atoms. The number of phenols is 1. The Kier molecular flexibility index (Phi) is 5.07. The number of hydrogen-bond acceptors (Lipinski definition) is 3.